The zero-order chi connectivity index (χ0) is 13.3. The highest BCUT2D eigenvalue weighted by atomic mass is 127. The topological polar surface area (TPSA) is 22.0 Å². The summed E-state index contributed by atoms with van der Waals surface area (Å²) < 4.78 is 16.3. The van der Waals surface area contributed by atoms with Gasteiger partial charge in [0.05, 0.1) is 11.0 Å². The molecule has 5 heteroatoms. The zero-order valence-corrected chi connectivity index (χ0v) is 13.3. The molecule has 1 aromatic heterocycles. The average molecular weight is 422 g/mol. The highest BCUT2D eigenvalue weighted by molar-refractivity contribution is 14.1. The number of hydrogen-bond acceptors (Lipinski definition) is 1. The molecule has 1 heterocycles. The zero-order valence-electron chi connectivity index (χ0n) is 9.58. The summed E-state index contributed by atoms with van der Waals surface area (Å²) in [6.45, 7) is 2.35. The molecule has 0 N–H and O–H groups in total. The van der Waals surface area contributed by atoms with Crippen LogP contribution >= 0.6 is 38.5 Å². The third-order valence-corrected chi connectivity index (χ3v) is 4.46. The molecule has 1 aromatic carbocycles. The van der Waals surface area contributed by atoms with Crippen LogP contribution in [0.15, 0.2) is 39.6 Å². The van der Waals surface area contributed by atoms with Crippen molar-refractivity contribution in [3.63, 3.8) is 0 Å². The Bertz CT molecular complexity index is 654. The largest absolute Gasteiger partial charge is 0.307 e. The van der Waals surface area contributed by atoms with Gasteiger partial charge in [0.15, 0.2) is 0 Å². The minimum atomic E-state index is -0.300. The summed E-state index contributed by atoms with van der Waals surface area (Å²) in [4.78, 5) is 11.8. The molecular weight excluding hydrogens is 412 g/mol. The molecule has 0 bridgehead atoms. The SMILES string of the molecule is Cc1c(I)ccc(=O)n1Cc1ccc(F)c(Br)c1. The molecule has 0 aliphatic carbocycles. The molecule has 0 aliphatic heterocycles. The van der Waals surface area contributed by atoms with E-state index in [1.807, 2.05) is 6.92 Å². The fourth-order valence-corrected chi connectivity index (χ4v) is 2.56. The minimum absolute atomic E-state index is 0.0478. The second kappa shape index (κ2) is 5.52. The van der Waals surface area contributed by atoms with Gasteiger partial charge in [0.25, 0.3) is 5.56 Å². The Balaban J connectivity index is 2.43. The number of halogens is 3. The first-order chi connectivity index (χ1) is 8.49. The van der Waals surface area contributed by atoms with Crippen LogP contribution in [0.4, 0.5) is 4.39 Å². The maximum absolute atomic E-state index is 13.1. The lowest BCUT2D eigenvalue weighted by Crippen LogP contribution is -2.22. The molecule has 94 valence electrons. The van der Waals surface area contributed by atoms with E-state index < -0.39 is 0 Å². The molecule has 0 saturated carbocycles. The van der Waals surface area contributed by atoms with E-state index in [-0.39, 0.29) is 11.4 Å². The molecule has 0 aliphatic rings. The molecule has 0 amide bonds. The monoisotopic (exact) mass is 421 g/mol. The quantitative estimate of drug-likeness (QED) is 0.677. The van der Waals surface area contributed by atoms with Gasteiger partial charge < -0.3 is 4.57 Å². The highest BCUT2D eigenvalue weighted by Crippen LogP contribution is 2.18. The van der Waals surface area contributed by atoms with E-state index in [1.165, 1.54) is 6.07 Å². The smallest absolute Gasteiger partial charge is 0.251 e. The summed E-state index contributed by atoms with van der Waals surface area (Å²) in [6, 6.07) is 8.13. The normalized spacial score (nSPS) is 10.7. The van der Waals surface area contributed by atoms with Gasteiger partial charge in [0, 0.05) is 15.3 Å². The first-order valence-corrected chi connectivity index (χ1v) is 7.16. The van der Waals surface area contributed by atoms with Gasteiger partial charge in [0.1, 0.15) is 5.82 Å². The fraction of sp³-hybridized carbons (Fsp3) is 0.154. The van der Waals surface area contributed by atoms with Crippen LogP contribution in [-0.4, -0.2) is 4.57 Å². The summed E-state index contributed by atoms with van der Waals surface area (Å²) >= 11 is 5.34. The average Bonchev–Trinajstić information content (AvgIpc) is 2.34. The van der Waals surface area contributed by atoms with Gasteiger partial charge >= 0.3 is 0 Å². The highest BCUT2D eigenvalue weighted by Gasteiger charge is 2.06. The Hall–Kier alpha value is -0.690. The third-order valence-electron chi connectivity index (χ3n) is 2.71. The van der Waals surface area contributed by atoms with E-state index >= 15 is 0 Å². The van der Waals surface area contributed by atoms with Crippen LogP contribution in [-0.2, 0) is 6.54 Å². The van der Waals surface area contributed by atoms with Gasteiger partial charge in [-0.15, -0.1) is 0 Å². The van der Waals surface area contributed by atoms with Crippen molar-refractivity contribution >= 4 is 38.5 Å². The number of hydrogen-bond donors (Lipinski definition) is 0. The molecule has 0 atom stereocenters. The summed E-state index contributed by atoms with van der Waals surface area (Å²) in [6.07, 6.45) is 0. The van der Waals surface area contributed by atoms with Crippen LogP contribution in [0.3, 0.4) is 0 Å². The van der Waals surface area contributed by atoms with Crippen molar-refractivity contribution < 1.29 is 4.39 Å². The molecule has 0 unspecified atom stereocenters. The molecular formula is C13H10BrFINO. The van der Waals surface area contributed by atoms with Gasteiger partial charge in [0.2, 0.25) is 0 Å². The van der Waals surface area contributed by atoms with Crippen molar-refractivity contribution in [2.75, 3.05) is 0 Å². The summed E-state index contributed by atoms with van der Waals surface area (Å²) in [5.41, 5.74) is 1.76. The molecule has 0 radical (unpaired) electrons. The second-order valence-corrected chi connectivity index (χ2v) is 5.96. The fourth-order valence-electron chi connectivity index (χ4n) is 1.67. The third kappa shape index (κ3) is 2.83. The van der Waals surface area contributed by atoms with Crippen molar-refractivity contribution in [1.29, 1.82) is 0 Å². The lowest BCUT2D eigenvalue weighted by Gasteiger charge is -2.11. The van der Waals surface area contributed by atoms with Crippen LogP contribution in [0.25, 0.3) is 0 Å². The van der Waals surface area contributed by atoms with Crippen LogP contribution in [0.2, 0.25) is 0 Å². The molecule has 0 fully saturated rings. The van der Waals surface area contributed by atoms with Crippen LogP contribution in [0, 0.1) is 16.3 Å². The second-order valence-electron chi connectivity index (χ2n) is 3.94. The number of nitrogens with zero attached hydrogens (tertiary/aromatic N) is 1. The number of pyridine rings is 1. The van der Waals surface area contributed by atoms with E-state index in [1.54, 1.807) is 28.8 Å². The predicted octanol–water partition coefficient (Wildman–Crippen LogP) is 3.71. The Morgan fingerprint density at radius 1 is 1.33 bits per heavy atom. The van der Waals surface area contributed by atoms with Crippen molar-refractivity contribution in [3.8, 4) is 0 Å². The Labute approximate surface area is 126 Å². The summed E-state index contributed by atoms with van der Waals surface area (Å²) in [5.74, 6) is -0.300. The standard InChI is InChI=1S/C13H10BrFINO/c1-8-12(16)4-5-13(18)17(8)7-9-2-3-11(15)10(14)6-9/h2-6H,7H2,1H3. The first-order valence-electron chi connectivity index (χ1n) is 5.29. The van der Waals surface area contributed by atoms with Crippen molar-refractivity contribution in [1.82, 2.24) is 4.57 Å². The Morgan fingerprint density at radius 3 is 2.72 bits per heavy atom. The Morgan fingerprint density at radius 2 is 2.06 bits per heavy atom. The van der Waals surface area contributed by atoms with Gasteiger partial charge in [-0.3, -0.25) is 4.79 Å². The van der Waals surface area contributed by atoms with E-state index in [0.29, 0.717) is 11.0 Å². The van der Waals surface area contributed by atoms with E-state index in [2.05, 4.69) is 38.5 Å². The maximum Gasteiger partial charge on any atom is 0.251 e. The van der Waals surface area contributed by atoms with Crippen molar-refractivity contribution in [2.24, 2.45) is 0 Å². The number of aromatic nitrogens is 1. The molecule has 0 spiro atoms. The number of rotatable bonds is 2. The molecule has 2 nitrogen and oxygen atoms in total. The van der Waals surface area contributed by atoms with Crippen LogP contribution < -0.4 is 5.56 Å². The maximum atomic E-state index is 13.1. The summed E-state index contributed by atoms with van der Waals surface area (Å²) in [5, 5.41) is 0. The van der Waals surface area contributed by atoms with Gasteiger partial charge in [-0.2, -0.15) is 0 Å². The van der Waals surface area contributed by atoms with E-state index in [0.717, 1.165) is 14.8 Å². The molecule has 0 saturated heterocycles. The van der Waals surface area contributed by atoms with Crippen molar-refractivity contribution in [2.45, 2.75) is 13.5 Å². The minimum Gasteiger partial charge on any atom is -0.307 e. The van der Waals surface area contributed by atoms with Gasteiger partial charge in [-0.25, -0.2) is 4.39 Å². The van der Waals surface area contributed by atoms with Crippen LogP contribution in [0.5, 0.6) is 0 Å². The molecule has 18 heavy (non-hydrogen) atoms. The first kappa shape index (κ1) is 13.7. The molecule has 2 rings (SSSR count). The van der Waals surface area contributed by atoms with Gasteiger partial charge in [-0.1, -0.05) is 6.07 Å². The van der Waals surface area contributed by atoms with Crippen LogP contribution in [0.1, 0.15) is 11.3 Å². The van der Waals surface area contributed by atoms with E-state index in [9.17, 15) is 9.18 Å². The van der Waals surface area contributed by atoms with Crippen molar-refractivity contribution in [3.05, 3.63) is 65.8 Å². The van der Waals surface area contributed by atoms with E-state index in [4.69, 9.17) is 0 Å². The number of benzene rings is 1. The summed E-state index contributed by atoms with van der Waals surface area (Å²) in [7, 11) is 0. The predicted molar refractivity (Wildman–Crippen MR) is 81.4 cm³/mol. The lowest BCUT2D eigenvalue weighted by molar-refractivity contribution is 0.618. The Kier molecular flexibility index (Phi) is 4.21. The van der Waals surface area contributed by atoms with Gasteiger partial charge in [-0.05, 0) is 69.2 Å². The molecule has 2 aromatic rings. The lowest BCUT2D eigenvalue weighted by atomic mass is 10.2.